The number of aromatic nitrogens is 4. The summed E-state index contributed by atoms with van der Waals surface area (Å²) in [6.07, 6.45) is 1.79. The zero-order valence-electron chi connectivity index (χ0n) is 10.8. The van der Waals surface area contributed by atoms with Crippen molar-refractivity contribution in [3.8, 4) is 5.75 Å². The van der Waals surface area contributed by atoms with Crippen molar-refractivity contribution >= 4 is 23.3 Å². The van der Waals surface area contributed by atoms with Gasteiger partial charge in [-0.3, -0.25) is 4.68 Å². The summed E-state index contributed by atoms with van der Waals surface area (Å²) >= 11 is 5.40. The van der Waals surface area contributed by atoms with Gasteiger partial charge in [0.25, 0.3) is 0 Å². The number of hydrogen-bond donors (Lipinski definition) is 1. The highest BCUT2D eigenvalue weighted by Gasteiger charge is 2.10. The zero-order valence-corrected chi connectivity index (χ0v) is 11.6. The van der Waals surface area contributed by atoms with Crippen LogP contribution in [0.4, 0.5) is 0 Å². The summed E-state index contributed by atoms with van der Waals surface area (Å²) in [4.78, 5) is 3.20. The third-order valence-corrected chi connectivity index (χ3v) is 3.56. The maximum Gasteiger partial charge on any atom is 0.178 e. The number of rotatable bonds is 3. The third-order valence-electron chi connectivity index (χ3n) is 3.23. The molecule has 6 heteroatoms. The lowest BCUT2D eigenvalue weighted by Gasteiger charge is -2.06. The topological polar surface area (TPSA) is 47.8 Å². The van der Waals surface area contributed by atoms with E-state index in [1.807, 2.05) is 40.6 Å². The van der Waals surface area contributed by atoms with Crippen molar-refractivity contribution in [3.63, 3.8) is 0 Å². The number of imidazole rings is 1. The van der Waals surface area contributed by atoms with Crippen molar-refractivity contribution in [1.29, 1.82) is 0 Å². The predicted molar refractivity (Wildman–Crippen MR) is 76.0 cm³/mol. The molecule has 0 unspecified atom stereocenters. The molecule has 2 heterocycles. The van der Waals surface area contributed by atoms with E-state index in [4.69, 9.17) is 17.0 Å². The van der Waals surface area contributed by atoms with Gasteiger partial charge in [-0.1, -0.05) is 6.07 Å². The third kappa shape index (κ3) is 1.94. The molecule has 1 aromatic carbocycles. The molecule has 0 fully saturated rings. The largest absolute Gasteiger partial charge is 0.494 e. The fourth-order valence-corrected chi connectivity index (χ4v) is 2.46. The molecule has 5 nitrogen and oxygen atoms in total. The lowest BCUT2D eigenvalue weighted by Crippen LogP contribution is -2.05. The first-order valence-corrected chi connectivity index (χ1v) is 6.34. The lowest BCUT2D eigenvalue weighted by atomic mass is 10.3. The van der Waals surface area contributed by atoms with Crippen molar-refractivity contribution in [2.45, 2.75) is 6.54 Å². The van der Waals surface area contributed by atoms with Gasteiger partial charge in [-0.25, -0.2) is 0 Å². The summed E-state index contributed by atoms with van der Waals surface area (Å²) in [6, 6.07) is 7.90. The van der Waals surface area contributed by atoms with Crippen molar-refractivity contribution in [3.05, 3.63) is 40.9 Å². The predicted octanol–water partition coefficient (Wildman–Crippen LogP) is 2.49. The van der Waals surface area contributed by atoms with Gasteiger partial charge in [0.2, 0.25) is 0 Å². The van der Waals surface area contributed by atoms with Gasteiger partial charge in [-0.15, -0.1) is 0 Å². The van der Waals surface area contributed by atoms with E-state index in [-0.39, 0.29) is 0 Å². The van der Waals surface area contributed by atoms with Crippen LogP contribution in [0.15, 0.2) is 30.5 Å². The van der Waals surface area contributed by atoms with Crippen LogP contribution in [0.1, 0.15) is 5.69 Å². The van der Waals surface area contributed by atoms with Gasteiger partial charge < -0.3 is 14.3 Å². The number of hydrogen-bond acceptors (Lipinski definition) is 3. The highest BCUT2D eigenvalue weighted by atomic mass is 32.1. The molecule has 0 aliphatic carbocycles. The average molecular weight is 274 g/mol. The van der Waals surface area contributed by atoms with E-state index in [1.54, 1.807) is 13.3 Å². The highest BCUT2D eigenvalue weighted by Crippen LogP contribution is 2.25. The van der Waals surface area contributed by atoms with E-state index >= 15 is 0 Å². The molecule has 0 saturated carbocycles. The normalized spacial score (nSPS) is 11.1. The number of fused-ring (bicyclic) bond motifs is 1. The number of H-pyrrole nitrogens is 1. The van der Waals surface area contributed by atoms with E-state index in [9.17, 15) is 0 Å². The van der Waals surface area contributed by atoms with E-state index in [0.717, 1.165) is 22.5 Å². The molecule has 0 spiro atoms. The summed E-state index contributed by atoms with van der Waals surface area (Å²) in [7, 11) is 3.58. The molecule has 0 aliphatic heterocycles. The van der Waals surface area contributed by atoms with Crippen LogP contribution < -0.4 is 4.74 Å². The SMILES string of the molecule is COc1cccc2c1[nH]c(=S)n2Cc1ccnn1C. The number of ether oxygens (including phenoxy) is 1. The molecule has 0 bridgehead atoms. The van der Waals surface area contributed by atoms with Crippen LogP contribution >= 0.6 is 12.2 Å². The van der Waals surface area contributed by atoms with Gasteiger partial charge in [-0.05, 0) is 30.4 Å². The molecule has 2 aromatic heterocycles. The van der Waals surface area contributed by atoms with Crippen molar-refractivity contribution in [1.82, 2.24) is 19.3 Å². The Balaban J connectivity index is 2.16. The molecule has 0 atom stereocenters. The summed E-state index contributed by atoms with van der Waals surface area (Å²) in [5.74, 6) is 0.798. The van der Waals surface area contributed by atoms with Gasteiger partial charge >= 0.3 is 0 Å². The molecule has 0 saturated heterocycles. The first-order valence-electron chi connectivity index (χ1n) is 5.93. The van der Waals surface area contributed by atoms with E-state index in [2.05, 4.69) is 10.1 Å². The van der Waals surface area contributed by atoms with Crippen molar-refractivity contribution in [2.24, 2.45) is 7.05 Å². The van der Waals surface area contributed by atoms with Crippen LogP contribution in [0.5, 0.6) is 5.75 Å². The Morgan fingerprint density at radius 2 is 2.21 bits per heavy atom. The monoisotopic (exact) mass is 274 g/mol. The van der Waals surface area contributed by atoms with E-state index in [1.165, 1.54) is 0 Å². The van der Waals surface area contributed by atoms with Crippen LogP contribution in [0, 0.1) is 4.77 Å². The maximum absolute atomic E-state index is 5.40. The van der Waals surface area contributed by atoms with Crippen LogP contribution in [-0.2, 0) is 13.6 Å². The molecule has 3 rings (SSSR count). The number of aromatic amines is 1. The number of benzene rings is 1. The van der Waals surface area contributed by atoms with Gasteiger partial charge in [0.1, 0.15) is 11.3 Å². The molecular formula is C13H14N4OS. The minimum atomic E-state index is 0.681. The molecule has 0 aliphatic rings. The Hall–Kier alpha value is -2.08. The molecule has 0 amide bonds. The Kier molecular flexibility index (Phi) is 2.87. The molecule has 0 radical (unpaired) electrons. The first-order chi connectivity index (χ1) is 9.20. The second-order valence-electron chi connectivity index (χ2n) is 4.32. The second kappa shape index (κ2) is 4.55. The number of aryl methyl sites for hydroxylation is 1. The second-order valence-corrected chi connectivity index (χ2v) is 4.70. The Morgan fingerprint density at radius 1 is 1.37 bits per heavy atom. The minimum absolute atomic E-state index is 0.681. The van der Waals surface area contributed by atoms with Crippen LogP contribution in [0.2, 0.25) is 0 Å². The van der Waals surface area contributed by atoms with Gasteiger partial charge in [0.15, 0.2) is 4.77 Å². The molecule has 19 heavy (non-hydrogen) atoms. The number of nitrogens with zero attached hydrogens (tertiary/aromatic N) is 3. The number of methoxy groups -OCH3 is 1. The smallest absolute Gasteiger partial charge is 0.178 e. The maximum atomic E-state index is 5.40. The van der Waals surface area contributed by atoms with Crippen LogP contribution in [0.25, 0.3) is 11.0 Å². The molecule has 98 valence electrons. The van der Waals surface area contributed by atoms with Gasteiger partial charge in [0, 0.05) is 13.2 Å². The fourth-order valence-electron chi connectivity index (χ4n) is 2.20. The highest BCUT2D eigenvalue weighted by molar-refractivity contribution is 7.71. The molecule has 3 aromatic rings. The standard InChI is InChI=1S/C13H14N4OS/c1-16-9(6-7-14-16)8-17-10-4-3-5-11(18-2)12(10)15-13(17)19/h3-7H,8H2,1-2H3,(H,15,19). The van der Waals surface area contributed by atoms with Crippen LogP contribution in [0.3, 0.4) is 0 Å². The molecular weight excluding hydrogens is 260 g/mol. The number of nitrogens with one attached hydrogen (secondary N) is 1. The first kappa shape index (κ1) is 12.0. The van der Waals surface area contributed by atoms with Gasteiger partial charge in [-0.2, -0.15) is 5.10 Å². The average Bonchev–Trinajstić information content (AvgIpc) is 2.95. The Labute approximate surface area is 115 Å². The Morgan fingerprint density at radius 3 is 2.89 bits per heavy atom. The zero-order chi connectivity index (χ0) is 13.4. The van der Waals surface area contributed by atoms with Crippen molar-refractivity contribution < 1.29 is 4.74 Å². The van der Waals surface area contributed by atoms with Crippen molar-refractivity contribution in [2.75, 3.05) is 7.11 Å². The van der Waals surface area contributed by atoms with E-state index in [0.29, 0.717) is 11.3 Å². The summed E-state index contributed by atoms with van der Waals surface area (Å²) in [6.45, 7) is 0.683. The summed E-state index contributed by atoms with van der Waals surface area (Å²) in [5.41, 5.74) is 3.06. The number of para-hydroxylation sites is 1. The molecule has 1 N–H and O–H groups in total. The quantitative estimate of drug-likeness (QED) is 0.746. The summed E-state index contributed by atoms with van der Waals surface area (Å²) < 4.78 is 9.92. The lowest BCUT2D eigenvalue weighted by molar-refractivity contribution is 0.419. The van der Waals surface area contributed by atoms with E-state index < -0.39 is 0 Å². The minimum Gasteiger partial charge on any atom is -0.494 e. The van der Waals surface area contributed by atoms with Gasteiger partial charge in [0.05, 0.1) is 24.9 Å². The Bertz CT molecular complexity index is 783. The summed E-state index contributed by atoms with van der Waals surface area (Å²) in [5, 5.41) is 4.18. The van der Waals surface area contributed by atoms with Crippen LogP contribution in [-0.4, -0.2) is 26.4 Å². The fraction of sp³-hybridized carbons (Fsp3) is 0.231.